The number of aliphatic carboxylic acids is 1. The molecule has 0 radical (unpaired) electrons. The maximum Gasteiger partial charge on any atom is 0.305 e. The number of carboxylic acid groups (broad SMARTS) is 1. The molecule has 0 aliphatic rings. The fourth-order valence-electron chi connectivity index (χ4n) is 0.948. The van der Waals surface area contributed by atoms with Gasteiger partial charge in [-0.05, 0) is 6.92 Å². The molecule has 0 bridgehead atoms. The maximum absolute atomic E-state index is 10.3. The Morgan fingerprint density at radius 1 is 1.60 bits per heavy atom. The van der Waals surface area contributed by atoms with Gasteiger partial charge in [-0.25, -0.2) is 0 Å². The zero-order chi connectivity index (χ0) is 11.1. The first-order valence-electron chi connectivity index (χ1n) is 4.63. The van der Waals surface area contributed by atoms with Crippen LogP contribution in [0.3, 0.4) is 0 Å². The summed E-state index contributed by atoms with van der Waals surface area (Å²) >= 11 is 0. The van der Waals surface area contributed by atoms with Gasteiger partial charge in [0.2, 0.25) is 5.88 Å². The number of hydrogen-bond donors (Lipinski definition) is 2. The van der Waals surface area contributed by atoms with Gasteiger partial charge in [-0.15, -0.1) is 0 Å². The molecular formula is C9H13N3O3. The molecule has 6 heteroatoms. The summed E-state index contributed by atoms with van der Waals surface area (Å²) in [6.07, 6.45) is 3.07. The van der Waals surface area contributed by atoms with Gasteiger partial charge in [-0.2, -0.15) is 4.98 Å². The van der Waals surface area contributed by atoms with Gasteiger partial charge in [-0.3, -0.25) is 9.78 Å². The normalized spacial score (nSPS) is 9.67. The summed E-state index contributed by atoms with van der Waals surface area (Å²) in [5, 5.41) is 11.3. The summed E-state index contributed by atoms with van der Waals surface area (Å²) in [6, 6.07) is 0. The number of carboxylic acids is 1. The third kappa shape index (κ3) is 4.26. The lowest BCUT2D eigenvalue weighted by Gasteiger charge is -2.05. The van der Waals surface area contributed by atoms with Crippen LogP contribution in [-0.2, 0) is 4.79 Å². The zero-order valence-electron chi connectivity index (χ0n) is 8.43. The molecule has 0 saturated heterocycles. The van der Waals surface area contributed by atoms with Crippen molar-refractivity contribution in [1.82, 2.24) is 9.97 Å². The average molecular weight is 211 g/mol. The fraction of sp³-hybridized carbons (Fsp3) is 0.444. The van der Waals surface area contributed by atoms with Crippen molar-refractivity contribution < 1.29 is 14.6 Å². The number of anilines is 1. The van der Waals surface area contributed by atoms with E-state index in [0.29, 0.717) is 24.8 Å². The summed E-state index contributed by atoms with van der Waals surface area (Å²) in [4.78, 5) is 18.2. The van der Waals surface area contributed by atoms with Gasteiger partial charge in [0.1, 0.15) is 5.82 Å². The predicted octanol–water partition coefficient (Wildman–Crippen LogP) is 0.762. The molecule has 1 aromatic heterocycles. The number of nitrogens with zero attached hydrogens (tertiary/aromatic N) is 2. The lowest BCUT2D eigenvalue weighted by Crippen LogP contribution is -2.09. The summed E-state index contributed by atoms with van der Waals surface area (Å²) in [6.45, 7) is 2.69. The van der Waals surface area contributed by atoms with Gasteiger partial charge in [-0.1, -0.05) is 0 Å². The highest BCUT2D eigenvalue weighted by Gasteiger charge is 2.00. The minimum atomic E-state index is -0.851. The third-order valence-electron chi connectivity index (χ3n) is 1.55. The molecule has 0 unspecified atom stereocenters. The molecule has 0 aliphatic carbocycles. The topological polar surface area (TPSA) is 84.3 Å². The molecule has 2 N–H and O–H groups in total. The molecule has 0 saturated carbocycles. The molecule has 0 atom stereocenters. The van der Waals surface area contributed by atoms with Crippen LogP contribution < -0.4 is 10.1 Å². The summed E-state index contributed by atoms with van der Waals surface area (Å²) in [7, 11) is 0. The fourth-order valence-corrected chi connectivity index (χ4v) is 0.948. The van der Waals surface area contributed by atoms with Crippen LogP contribution in [-0.4, -0.2) is 34.2 Å². The van der Waals surface area contributed by atoms with Gasteiger partial charge in [0.15, 0.2) is 0 Å². The lowest BCUT2D eigenvalue weighted by molar-refractivity contribution is -0.136. The molecule has 0 fully saturated rings. The molecule has 0 aromatic carbocycles. The van der Waals surface area contributed by atoms with E-state index in [0.717, 1.165) is 0 Å². The van der Waals surface area contributed by atoms with Crippen LogP contribution in [0.4, 0.5) is 5.82 Å². The smallest absolute Gasteiger partial charge is 0.305 e. The Hall–Kier alpha value is -1.85. The second kappa shape index (κ2) is 5.79. The molecule has 15 heavy (non-hydrogen) atoms. The van der Waals surface area contributed by atoms with Crippen LogP contribution in [0.15, 0.2) is 12.4 Å². The molecule has 82 valence electrons. The molecule has 1 heterocycles. The third-order valence-corrected chi connectivity index (χ3v) is 1.55. The minimum absolute atomic E-state index is 0.0422. The minimum Gasteiger partial charge on any atom is -0.481 e. The van der Waals surface area contributed by atoms with Crippen LogP contribution in [0.25, 0.3) is 0 Å². The van der Waals surface area contributed by atoms with Crippen molar-refractivity contribution in [2.45, 2.75) is 13.3 Å². The summed E-state index contributed by atoms with van der Waals surface area (Å²) in [5.41, 5.74) is 0. The Morgan fingerprint density at radius 3 is 3.07 bits per heavy atom. The summed E-state index contributed by atoms with van der Waals surface area (Å²) < 4.78 is 5.14. The van der Waals surface area contributed by atoms with Gasteiger partial charge in [0.25, 0.3) is 0 Å². The highest BCUT2D eigenvalue weighted by atomic mass is 16.5. The van der Waals surface area contributed by atoms with Crippen LogP contribution in [0.1, 0.15) is 13.3 Å². The van der Waals surface area contributed by atoms with Crippen molar-refractivity contribution >= 4 is 11.8 Å². The van der Waals surface area contributed by atoms with Gasteiger partial charge < -0.3 is 15.2 Å². The van der Waals surface area contributed by atoms with Crippen LogP contribution in [0.2, 0.25) is 0 Å². The number of hydrogen-bond acceptors (Lipinski definition) is 5. The van der Waals surface area contributed by atoms with E-state index in [4.69, 9.17) is 9.84 Å². The number of rotatable bonds is 6. The molecule has 0 spiro atoms. The second-order valence-electron chi connectivity index (χ2n) is 2.75. The van der Waals surface area contributed by atoms with E-state index in [1.165, 1.54) is 12.4 Å². The number of aromatic nitrogens is 2. The highest BCUT2D eigenvalue weighted by Crippen LogP contribution is 2.08. The Kier molecular flexibility index (Phi) is 4.33. The SMILES string of the molecule is CCOc1cncc(NCCC(=O)O)n1. The van der Waals surface area contributed by atoms with E-state index in [-0.39, 0.29) is 6.42 Å². The Balaban J connectivity index is 2.46. The van der Waals surface area contributed by atoms with E-state index >= 15 is 0 Å². The first-order valence-corrected chi connectivity index (χ1v) is 4.63. The maximum atomic E-state index is 10.3. The van der Waals surface area contributed by atoms with Gasteiger partial charge in [0, 0.05) is 6.54 Å². The first kappa shape index (κ1) is 11.2. The van der Waals surface area contributed by atoms with Crippen molar-refractivity contribution in [3.63, 3.8) is 0 Å². The molecule has 1 rings (SSSR count). The molecule has 6 nitrogen and oxygen atoms in total. The van der Waals surface area contributed by atoms with E-state index in [1.54, 1.807) is 0 Å². The van der Waals surface area contributed by atoms with Crippen molar-refractivity contribution in [2.75, 3.05) is 18.5 Å². The van der Waals surface area contributed by atoms with E-state index < -0.39 is 5.97 Å². The van der Waals surface area contributed by atoms with Gasteiger partial charge >= 0.3 is 5.97 Å². The van der Waals surface area contributed by atoms with E-state index in [1.807, 2.05) is 6.92 Å². The van der Waals surface area contributed by atoms with Crippen molar-refractivity contribution in [2.24, 2.45) is 0 Å². The van der Waals surface area contributed by atoms with Crippen LogP contribution in [0, 0.1) is 0 Å². The Morgan fingerprint density at radius 2 is 2.40 bits per heavy atom. The van der Waals surface area contributed by atoms with Crippen molar-refractivity contribution in [1.29, 1.82) is 0 Å². The van der Waals surface area contributed by atoms with E-state index in [9.17, 15) is 4.79 Å². The molecule has 1 aromatic rings. The number of nitrogens with one attached hydrogen (secondary N) is 1. The standard InChI is InChI=1S/C9H13N3O3/c1-2-15-8-6-10-5-7(12-8)11-4-3-9(13)14/h5-6H,2-4H2,1H3,(H,11,12)(H,13,14). The zero-order valence-corrected chi connectivity index (χ0v) is 8.43. The Bertz CT molecular complexity index is 330. The van der Waals surface area contributed by atoms with Crippen molar-refractivity contribution in [3.05, 3.63) is 12.4 Å². The first-order chi connectivity index (χ1) is 7.22. The quantitative estimate of drug-likeness (QED) is 0.722. The number of carbonyl (C=O) groups is 1. The monoisotopic (exact) mass is 211 g/mol. The lowest BCUT2D eigenvalue weighted by atomic mass is 10.4. The molecule has 0 aliphatic heterocycles. The van der Waals surface area contributed by atoms with Crippen LogP contribution >= 0.6 is 0 Å². The highest BCUT2D eigenvalue weighted by molar-refractivity contribution is 5.67. The van der Waals surface area contributed by atoms with Crippen LogP contribution in [0.5, 0.6) is 5.88 Å². The Labute approximate surface area is 87.3 Å². The number of ether oxygens (including phenoxy) is 1. The van der Waals surface area contributed by atoms with Gasteiger partial charge in [0.05, 0.1) is 25.4 Å². The summed E-state index contributed by atoms with van der Waals surface area (Å²) in [5.74, 6) is 0.0939. The average Bonchev–Trinajstić information content (AvgIpc) is 2.18. The largest absolute Gasteiger partial charge is 0.481 e. The second-order valence-corrected chi connectivity index (χ2v) is 2.75. The predicted molar refractivity (Wildman–Crippen MR) is 53.9 cm³/mol. The van der Waals surface area contributed by atoms with Crippen molar-refractivity contribution in [3.8, 4) is 5.88 Å². The van der Waals surface area contributed by atoms with E-state index in [2.05, 4.69) is 15.3 Å². The molecular weight excluding hydrogens is 198 g/mol. The molecule has 0 amide bonds.